The monoisotopic (exact) mass is 211 g/mol. The zero-order valence-corrected chi connectivity index (χ0v) is 10.1. The summed E-state index contributed by atoms with van der Waals surface area (Å²) < 4.78 is 0. The van der Waals surface area contributed by atoms with E-state index in [1.165, 1.54) is 36.4 Å². The van der Waals surface area contributed by atoms with Crippen molar-refractivity contribution in [1.29, 1.82) is 5.26 Å². The summed E-state index contributed by atoms with van der Waals surface area (Å²) in [6.45, 7) is 0. The predicted octanol–water partition coefficient (Wildman–Crippen LogP) is -2.95. The molecule has 1 aromatic carbocycles. The van der Waals surface area contributed by atoms with Crippen molar-refractivity contribution in [1.82, 2.24) is 0 Å². The first-order valence-corrected chi connectivity index (χ1v) is 3.75. The second-order valence-corrected chi connectivity index (χ2v) is 2.55. The van der Waals surface area contributed by atoms with Gasteiger partial charge in [-0.1, -0.05) is 12.1 Å². The standard InChI is InChI=1S/C10H7NO3.Na/c11-6-8(10(13)14)5-7-1-3-9(12)4-2-7;/h1-5,12H,(H,13,14);/q;+1/p-1/b8-5+;. The number of carboxylic acid groups (broad SMARTS) is 1. The molecule has 0 unspecified atom stereocenters. The van der Waals surface area contributed by atoms with E-state index in [-0.39, 0.29) is 35.3 Å². The van der Waals surface area contributed by atoms with Gasteiger partial charge in [-0.15, -0.1) is 0 Å². The molecule has 0 fully saturated rings. The second kappa shape index (κ2) is 6.25. The molecule has 1 N–H and O–H groups in total. The number of rotatable bonds is 2. The molecule has 0 aliphatic carbocycles. The Kier molecular flexibility index (Phi) is 5.72. The summed E-state index contributed by atoms with van der Waals surface area (Å²) in [6, 6.07) is 7.29. The van der Waals surface area contributed by atoms with Crippen molar-refractivity contribution in [3.63, 3.8) is 0 Å². The molecule has 0 aliphatic rings. The van der Waals surface area contributed by atoms with Gasteiger partial charge in [0, 0.05) is 0 Å². The summed E-state index contributed by atoms with van der Waals surface area (Å²) in [5, 5.41) is 27.7. The van der Waals surface area contributed by atoms with E-state index < -0.39 is 11.5 Å². The quantitative estimate of drug-likeness (QED) is 0.322. The summed E-state index contributed by atoms with van der Waals surface area (Å²) in [5.41, 5.74) is 0.0687. The molecule has 4 nitrogen and oxygen atoms in total. The number of aliphatic carboxylic acids is 1. The molecule has 5 heteroatoms. The largest absolute Gasteiger partial charge is 1.00 e. The number of hydrogen-bond acceptors (Lipinski definition) is 4. The molecule has 0 amide bonds. The van der Waals surface area contributed by atoms with Crippen LogP contribution in [0.3, 0.4) is 0 Å². The van der Waals surface area contributed by atoms with Gasteiger partial charge in [-0.25, -0.2) is 0 Å². The van der Waals surface area contributed by atoms with Crippen LogP contribution in [0.5, 0.6) is 5.75 Å². The average Bonchev–Trinajstić information content (AvgIpc) is 2.16. The minimum Gasteiger partial charge on any atom is -0.544 e. The number of carboxylic acids is 1. The van der Waals surface area contributed by atoms with E-state index in [9.17, 15) is 9.90 Å². The predicted molar refractivity (Wildman–Crippen MR) is 46.7 cm³/mol. The van der Waals surface area contributed by atoms with E-state index in [0.717, 1.165) is 0 Å². The average molecular weight is 211 g/mol. The second-order valence-electron chi connectivity index (χ2n) is 2.55. The molecular weight excluding hydrogens is 205 g/mol. The number of carbonyl (C=O) groups is 1. The number of nitriles is 1. The Hall–Kier alpha value is -1.28. The van der Waals surface area contributed by atoms with Gasteiger partial charge in [-0.3, -0.25) is 0 Å². The van der Waals surface area contributed by atoms with Gasteiger partial charge >= 0.3 is 29.6 Å². The van der Waals surface area contributed by atoms with Crippen molar-refractivity contribution >= 4 is 12.0 Å². The van der Waals surface area contributed by atoms with Crippen LogP contribution in [-0.4, -0.2) is 11.1 Å². The van der Waals surface area contributed by atoms with Crippen molar-refractivity contribution in [2.45, 2.75) is 0 Å². The van der Waals surface area contributed by atoms with Gasteiger partial charge in [0.1, 0.15) is 11.8 Å². The van der Waals surface area contributed by atoms with Crippen LogP contribution >= 0.6 is 0 Å². The number of aromatic hydroxyl groups is 1. The van der Waals surface area contributed by atoms with Gasteiger partial charge < -0.3 is 15.0 Å². The third kappa shape index (κ3) is 4.17. The third-order valence-corrected chi connectivity index (χ3v) is 1.54. The Morgan fingerprint density at radius 3 is 2.33 bits per heavy atom. The molecule has 0 spiro atoms. The zero-order chi connectivity index (χ0) is 10.6. The van der Waals surface area contributed by atoms with Gasteiger partial charge in [0.2, 0.25) is 0 Å². The number of nitrogens with zero attached hydrogens (tertiary/aromatic N) is 1. The molecule has 0 saturated carbocycles. The van der Waals surface area contributed by atoms with Crippen LogP contribution in [0.2, 0.25) is 0 Å². The van der Waals surface area contributed by atoms with Crippen LogP contribution < -0.4 is 34.7 Å². The van der Waals surface area contributed by atoms with Crippen LogP contribution in [-0.2, 0) is 4.79 Å². The van der Waals surface area contributed by atoms with Crippen molar-refractivity contribution in [2.75, 3.05) is 0 Å². The topological polar surface area (TPSA) is 84.1 Å². The van der Waals surface area contributed by atoms with Crippen molar-refractivity contribution in [2.24, 2.45) is 0 Å². The van der Waals surface area contributed by atoms with Gasteiger partial charge in [0.05, 0.1) is 11.5 Å². The molecule has 0 aromatic heterocycles. The first-order valence-electron chi connectivity index (χ1n) is 3.75. The van der Waals surface area contributed by atoms with E-state index >= 15 is 0 Å². The van der Waals surface area contributed by atoms with Crippen molar-refractivity contribution in [3.05, 3.63) is 35.4 Å². The number of benzene rings is 1. The zero-order valence-electron chi connectivity index (χ0n) is 8.10. The van der Waals surface area contributed by atoms with Gasteiger partial charge in [0.25, 0.3) is 0 Å². The van der Waals surface area contributed by atoms with E-state index in [1.54, 1.807) is 0 Å². The summed E-state index contributed by atoms with van der Waals surface area (Å²) >= 11 is 0. The Morgan fingerprint density at radius 2 is 1.93 bits per heavy atom. The van der Waals surface area contributed by atoms with E-state index in [4.69, 9.17) is 10.4 Å². The molecule has 0 atom stereocenters. The minimum absolute atomic E-state index is 0. The van der Waals surface area contributed by atoms with Gasteiger partial charge in [-0.2, -0.15) is 5.26 Å². The van der Waals surface area contributed by atoms with Crippen molar-refractivity contribution in [3.8, 4) is 11.8 Å². The summed E-state index contributed by atoms with van der Waals surface area (Å²) in [4.78, 5) is 10.4. The van der Waals surface area contributed by atoms with E-state index in [1.807, 2.05) is 0 Å². The molecule has 0 radical (unpaired) electrons. The third-order valence-electron chi connectivity index (χ3n) is 1.54. The Balaban J connectivity index is 0.00000196. The number of phenols is 1. The number of carbonyl (C=O) groups excluding carboxylic acids is 1. The first kappa shape index (κ1) is 13.7. The summed E-state index contributed by atoms with van der Waals surface area (Å²) in [7, 11) is 0. The van der Waals surface area contributed by atoms with Crippen LogP contribution in [0.25, 0.3) is 6.08 Å². The Bertz CT molecular complexity index is 417. The van der Waals surface area contributed by atoms with Crippen LogP contribution in [0.15, 0.2) is 29.8 Å². The molecule has 1 aromatic rings. The molecule has 15 heavy (non-hydrogen) atoms. The summed E-state index contributed by atoms with van der Waals surface area (Å²) in [6.07, 6.45) is 1.18. The molecule has 0 heterocycles. The van der Waals surface area contributed by atoms with Crippen LogP contribution in [0.1, 0.15) is 5.56 Å². The normalized spacial score (nSPS) is 9.93. The van der Waals surface area contributed by atoms with Gasteiger partial charge in [0.15, 0.2) is 0 Å². The fourth-order valence-electron chi connectivity index (χ4n) is 0.874. The van der Waals surface area contributed by atoms with Crippen LogP contribution in [0.4, 0.5) is 0 Å². The molecule has 0 bridgehead atoms. The molecule has 1 rings (SSSR count). The van der Waals surface area contributed by atoms with E-state index in [2.05, 4.69) is 0 Å². The fourth-order valence-corrected chi connectivity index (χ4v) is 0.874. The molecular formula is C10H6NNaO3. The smallest absolute Gasteiger partial charge is 0.544 e. The maximum absolute atomic E-state index is 10.4. The maximum atomic E-state index is 10.4. The Morgan fingerprint density at radius 1 is 1.40 bits per heavy atom. The maximum Gasteiger partial charge on any atom is 1.00 e. The van der Waals surface area contributed by atoms with Crippen LogP contribution in [0, 0.1) is 11.3 Å². The molecule has 0 saturated heterocycles. The number of hydrogen-bond donors (Lipinski definition) is 1. The minimum atomic E-state index is -1.51. The van der Waals surface area contributed by atoms with E-state index in [0.29, 0.717) is 5.56 Å². The fraction of sp³-hybridized carbons (Fsp3) is 0. The SMILES string of the molecule is N#C/C(=C\c1ccc(O)cc1)C(=O)[O-].[Na+]. The van der Waals surface area contributed by atoms with Crippen molar-refractivity contribution < 1.29 is 44.6 Å². The molecule has 0 aliphatic heterocycles. The molecule has 70 valence electrons. The van der Waals surface area contributed by atoms with Gasteiger partial charge in [-0.05, 0) is 23.8 Å². The Labute approximate surface area is 109 Å². The first-order chi connectivity index (χ1) is 6.63. The number of phenolic OH excluding ortho intramolecular Hbond substituents is 1. The summed E-state index contributed by atoms with van der Waals surface area (Å²) in [5.74, 6) is -1.44.